The molecule has 6 heteroatoms. The van der Waals surface area contributed by atoms with E-state index in [0.717, 1.165) is 0 Å². The van der Waals surface area contributed by atoms with Gasteiger partial charge in [0.15, 0.2) is 0 Å². The van der Waals surface area contributed by atoms with Crippen LogP contribution in [-0.2, 0) is 17.9 Å². The summed E-state index contributed by atoms with van der Waals surface area (Å²) < 4.78 is 3.59. The van der Waals surface area contributed by atoms with E-state index in [1.807, 2.05) is 4.57 Å². The lowest BCUT2D eigenvalue weighted by Crippen LogP contribution is -3.00. The van der Waals surface area contributed by atoms with Crippen molar-refractivity contribution in [3.63, 3.8) is 0 Å². The molecule has 80 valence electrons. The minimum atomic E-state index is -0.803. The van der Waals surface area contributed by atoms with Crippen molar-refractivity contribution in [2.45, 2.75) is 19.5 Å². The van der Waals surface area contributed by atoms with Crippen LogP contribution in [0.2, 0.25) is 0 Å². The third kappa shape index (κ3) is 4.38. The Labute approximate surface area is 92.4 Å². The van der Waals surface area contributed by atoms with Gasteiger partial charge in [-0.15, -0.1) is 0 Å². The van der Waals surface area contributed by atoms with Gasteiger partial charge in [-0.05, 0) is 0 Å². The molecule has 0 amide bonds. The predicted octanol–water partition coefficient (Wildman–Crippen LogP) is -3.75. The monoisotopic (exact) mass is 264 g/mol. The first-order chi connectivity index (χ1) is 6.22. The molecule has 0 unspecified atom stereocenters. The molecule has 0 aliphatic heterocycles. The van der Waals surface area contributed by atoms with Crippen LogP contribution in [0, 0.1) is 0 Å². The highest BCUT2D eigenvalue weighted by Gasteiger charge is 2.04. The Kier molecular flexibility index (Phi) is 6.14. The normalized spacial score (nSPS) is 9.50. The number of carboxylic acid groups (broad SMARTS) is 1. The van der Waals surface area contributed by atoms with Crippen LogP contribution >= 0.6 is 0 Å². The van der Waals surface area contributed by atoms with E-state index >= 15 is 0 Å². The number of carbonyl (C=O) groups is 1. The SMILES string of the molecule is O=C(O)CCn1cc[n+](CCO)c1.[Br-]. The molecule has 0 saturated heterocycles. The summed E-state index contributed by atoms with van der Waals surface area (Å²) in [7, 11) is 0. The quantitative estimate of drug-likeness (QED) is 0.537. The number of aliphatic hydroxyl groups is 1. The zero-order valence-corrected chi connectivity index (χ0v) is 9.22. The summed E-state index contributed by atoms with van der Waals surface area (Å²) in [4.78, 5) is 10.2. The van der Waals surface area contributed by atoms with Gasteiger partial charge >= 0.3 is 5.97 Å². The second-order valence-electron chi connectivity index (χ2n) is 2.76. The van der Waals surface area contributed by atoms with E-state index in [9.17, 15) is 4.79 Å². The molecular weight excluding hydrogens is 252 g/mol. The Balaban J connectivity index is 0.00000169. The van der Waals surface area contributed by atoms with Gasteiger partial charge in [-0.2, -0.15) is 0 Å². The Morgan fingerprint density at radius 1 is 1.50 bits per heavy atom. The van der Waals surface area contributed by atoms with Gasteiger partial charge < -0.3 is 27.2 Å². The maximum absolute atomic E-state index is 10.2. The minimum Gasteiger partial charge on any atom is -1.00 e. The molecule has 14 heavy (non-hydrogen) atoms. The van der Waals surface area contributed by atoms with Crippen LogP contribution in [0.15, 0.2) is 18.7 Å². The standard InChI is InChI=1S/C8H12N2O3.BrH/c11-6-5-10-4-3-9(7-10)2-1-8(12)13;/h3-4,7,11H,1-2,5-6H2;1H. The molecular formula is C8H13BrN2O3. The van der Waals surface area contributed by atoms with Crippen molar-refractivity contribution < 1.29 is 36.6 Å². The molecule has 0 bridgehead atoms. The molecule has 1 aromatic heterocycles. The molecule has 1 rings (SSSR count). The number of aliphatic hydroxyl groups excluding tert-OH is 1. The molecule has 0 aromatic carbocycles. The summed E-state index contributed by atoms with van der Waals surface area (Å²) >= 11 is 0. The smallest absolute Gasteiger partial charge is 0.307 e. The van der Waals surface area contributed by atoms with Crippen molar-refractivity contribution in [3.05, 3.63) is 18.7 Å². The number of aliphatic carboxylic acids is 1. The highest BCUT2D eigenvalue weighted by molar-refractivity contribution is 5.66. The van der Waals surface area contributed by atoms with Crippen LogP contribution in [0.3, 0.4) is 0 Å². The Morgan fingerprint density at radius 2 is 2.21 bits per heavy atom. The van der Waals surface area contributed by atoms with E-state index in [1.54, 1.807) is 23.3 Å². The molecule has 0 aliphatic rings. The number of imidazole rings is 1. The van der Waals surface area contributed by atoms with Gasteiger partial charge in [-0.25, -0.2) is 9.13 Å². The lowest BCUT2D eigenvalue weighted by molar-refractivity contribution is -0.697. The second kappa shape index (κ2) is 6.56. The van der Waals surface area contributed by atoms with Gasteiger partial charge in [0, 0.05) is 0 Å². The van der Waals surface area contributed by atoms with Crippen LogP contribution in [0.4, 0.5) is 0 Å². The zero-order valence-electron chi connectivity index (χ0n) is 7.64. The summed E-state index contributed by atoms with van der Waals surface area (Å²) in [6.07, 6.45) is 5.49. The number of halogens is 1. The fourth-order valence-corrected chi connectivity index (χ4v) is 1.04. The largest absolute Gasteiger partial charge is 1.00 e. The molecule has 0 aliphatic carbocycles. The fourth-order valence-electron chi connectivity index (χ4n) is 1.04. The minimum absolute atomic E-state index is 0. The zero-order chi connectivity index (χ0) is 9.68. The number of hydrogen-bond acceptors (Lipinski definition) is 2. The van der Waals surface area contributed by atoms with Gasteiger partial charge in [-0.3, -0.25) is 4.79 Å². The Hall–Kier alpha value is -0.880. The Morgan fingerprint density at radius 3 is 2.79 bits per heavy atom. The summed E-state index contributed by atoms with van der Waals surface area (Å²) in [6, 6.07) is 0. The van der Waals surface area contributed by atoms with E-state index in [0.29, 0.717) is 13.1 Å². The van der Waals surface area contributed by atoms with Crippen LogP contribution in [0.1, 0.15) is 6.42 Å². The predicted molar refractivity (Wildman–Crippen MR) is 44.0 cm³/mol. The number of nitrogens with zero attached hydrogens (tertiary/aromatic N) is 2. The average Bonchev–Trinajstić information content (AvgIpc) is 2.50. The first-order valence-corrected chi connectivity index (χ1v) is 4.10. The summed E-state index contributed by atoms with van der Waals surface area (Å²) in [5, 5.41) is 17.0. The van der Waals surface area contributed by atoms with Crippen molar-refractivity contribution in [1.29, 1.82) is 0 Å². The third-order valence-electron chi connectivity index (χ3n) is 1.69. The van der Waals surface area contributed by atoms with Crippen molar-refractivity contribution in [2.24, 2.45) is 0 Å². The number of hydrogen-bond donors (Lipinski definition) is 2. The summed E-state index contributed by atoms with van der Waals surface area (Å²) in [5.41, 5.74) is 0. The average molecular weight is 265 g/mol. The van der Waals surface area contributed by atoms with E-state index in [2.05, 4.69) is 0 Å². The highest BCUT2D eigenvalue weighted by atomic mass is 79.9. The maximum atomic E-state index is 10.2. The molecule has 2 N–H and O–H groups in total. The highest BCUT2D eigenvalue weighted by Crippen LogP contribution is 1.89. The van der Waals surface area contributed by atoms with Gasteiger partial charge in [0.05, 0.1) is 13.0 Å². The van der Waals surface area contributed by atoms with Gasteiger partial charge in [0.2, 0.25) is 6.33 Å². The van der Waals surface area contributed by atoms with Crippen LogP contribution in [0.5, 0.6) is 0 Å². The summed E-state index contributed by atoms with van der Waals surface area (Å²) in [6.45, 7) is 1.10. The van der Waals surface area contributed by atoms with E-state index in [4.69, 9.17) is 10.2 Å². The first-order valence-electron chi connectivity index (χ1n) is 4.10. The molecule has 0 fully saturated rings. The van der Waals surface area contributed by atoms with Gasteiger partial charge in [0.1, 0.15) is 25.5 Å². The number of rotatable bonds is 5. The van der Waals surface area contributed by atoms with Crippen molar-refractivity contribution in [1.82, 2.24) is 4.57 Å². The van der Waals surface area contributed by atoms with E-state index in [1.165, 1.54) is 0 Å². The molecule has 0 saturated carbocycles. The molecule has 1 aromatic rings. The van der Waals surface area contributed by atoms with Crippen molar-refractivity contribution in [3.8, 4) is 0 Å². The van der Waals surface area contributed by atoms with E-state index in [-0.39, 0.29) is 30.0 Å². The van der Waals surface area contributed by atoms with Crippen molar-refractivity contribution in [2.75, 3.05) is 6.61 Å². The Bertz CT molecular complexity index is 288. The van der Waals surface area contributed by atoms with Gasteiger partial charge in [0.25, 0.3) is 0 Å². The maximum Gasteiger partial charge on any atom is 0.307 e. The molecule has 5 nitrogen and oxygen atoms in total. The topological polar surface area (TPSA) is 66.3 Å². The van der Waals surface area contributed by atoms with Gasteiger partial charge in [-0.1, -0.05) is 0 Å². The lowest BCUT2D eigenvalue weighted by atomic mass is 10.4. The van der Waals surface area contributed by atoms with Crippen LogP contribution in [-0.4, -0.2) is 27.4 Å². The fraction of sp³-hybridized carbons (Fsp3) is 0.500. The second-order valence-corrected chi connectivity index (χ2v) is 2.76. The number of carboxylic acids is 1. The van der Waals surface area contributed by atoms with Crippen molar-refractivity contribution >= 4 is 5.97 Å². The number of aryl methyl sites for hydroxylation is 1. The third-order valence-corrected chi connectivity index (χ3v) is 1.69. The number of aromatic nitrogens is 2. The first kappa shape index (κ1) is 13.1. The molecule has 1 heterocycles. The summed E-state index contributed by atoms with van der Waals surface area (Å²) in [5.74, 6) is -0.803. The lowest BCUT2D eigenvalue weighted by Gasteiger charge is -1.91. The molecule has 0 spiro atoms. The molecule has 0 atom stereocenters. The van der Waals surface area contributed by atoms with Crippen LogP contribution in [0.25, 0.3) is 0 Å². The van der Waals surface area contributed by atoms with Crippen LogP contribution < -0.4 is 21.5 Å². The van der Waals surface area contributed by atoms with E-state index < -0.39 is 5.97 Å². The molecule has 0 radical (unpaired) electrons.